The first-order valence-electron chi connectivity index (χ1n) is 6.62. The summed E-state index contributed by atoms with van der Waals surface area (Å²) in [6.45, 7) is 6.92. The molecule has 0 rings (SSSR count). The third-order valence-electron chi connectivity index (χ3n) is 2.63. The summed E-state index contributed by atoms with van der Waals surface area (Å²) in [4.78, 5) is 0. The van der Waals surface area contributed by atoms with Gasteiger partial charge >= 0.3 is 0 Å². The Morgan fingerprint density at radius 1 is 0.588 bits per heavy atom. The molecule has 4 heteroatoms. The van der Waals surface area contributed by atoms with Gasteiger partial charge in [-0.3, -0.25) is 0 Å². The minimum atomic E-state index is 0. The average molecular weight is 472 g/mol. The molecule has 0 aliphatic rings. The van der Waals surface area contributed by atoms with Crippen LogP contribution in [0.5, 0.6) is 0 Å². The van der Waals surface area contributed by atoms with E-state index in [9.17, 15) is 0 Å². The molecule has 0 saturated carbocycles. The number of hydrogen-bond donors (Lipinski definition) is 2. The molecule has 0 aliphatic heterocycles. The van der Waals surface area contributed by atoms with Gasteiger partial charge in [0, 0.05) is 0 Å². The maximum Gasteiger partial charge on any atom is -0.00489 e. The molecule has 0 aliphatic carbocycles. The lowest BCUT2D eigenvalue weighted by Gasteiger charge is -2.03. The Morgan fingerprint density at radius 2 is 1.06 bits per heavy atom. The van der Waals surface area contributed by atoms with Crippen LogP contribution in [-0.4, -0.2) is 13.1 Å². The van der Waals surface area contributed by atoms with E-state index in [-0.39, 0.29) is 54.1 Å². The molecule has 0 atom stereocenters. The Morgan fingerprint density at radius 3 is 1.53 bits per heavy atom. The summed E-state index contributed by atoms with van der Waals surface area (Å²) in [6.07, 6.45) is 12.6. The molecule has 0 amide bonds. The minimum Gasteiger partial charge on any atom is -0.344 e. The van der Waals surface area contributed by atoms with Gasteiger partial charge in [0.2, 0.25) is 0 Å². The van der Waals surface area contributed by atoms with Crippen LogP contribution >= 0.6 is 48.0 Å². The van der Waals surface area contributed by atoms with Gasteiger partial charge in [0.05, 0.1) is 0 Å². The highest BCUT2D eigenvalue weighted by molar-refractivity contribution is 14.0. The molecule has 0 spiro atoms. The van der Waals surface area contributed by atoms with Gasteiger partial charge < -0.3 is 11.5 Å². The van der Waals surface area contributed by atoms with Crippen LogP contribution in [0.3, 0.4) is 0 Å². The third kappa shape index (κ3) is 26.8. The molecule has 0 fully saturated rings. The van der Waals surface area contributed by atoms with Gasteiger partial charge in [-0.05, 0) is 25.9 Å². The summed E-state index contributed by atoms with van der Waals surface area (Å²) in [5, 5.41) is 3.45. The van der Waals surface area contributed by atoms with Crippen molar-refractivity contribution in [3.63, 3.8) is 0 Å². The molecule has 4 N–H and O–H groups in total. The Balaban J connectivity index is -0.000000282. The summed E-state index contributed by atoms with van der Waals surface area (Å²) in [7, 11) is 0. The fraction of sp³-hybridized carbons (Fsp3) is 1.00. The molecular weight excluding hydrogens is 438 g/mol. The molecule has 2 nitrogen and oxygen atoms in total. The van der Waals surface area contributed by atoms with E-state index in [0.29, 0.717) is 0 Å². The molecule has 17 heavy (non-hydrogen) atoms. The lowest BCUT2D eigenvalue weighted by Crippen LogP contribution is -2.15. The first-order chi connectivity index (χ1) is 6.91. The highest BCUT2D eigenvalue weighted by Gasteiger charge is 1.90. The van der Waals surface area contributed by atoms with E-state index in [4.69, 9.17) is 0 Å². The normalized spacial score (nSPS) is 8.82. The summed E-state index contributed by atoms with van der Waals surface area (Å²) >= 11 is 0. The smallest absolute Gasteiger partial charge is 0.00489 e. The second kappa shape index (κ2) is 26.0. The lowest BCUT2D eigenvalue weighted by atomic mass is 10.1. The van der Waals surface area contributed by atoms with Crippen LogP contribution in [0.25, 0.3) is 0 Å². The second-order valence-corrected chi connectivity index (χ2v) is 4.22. The van der Waals surface area contributed by atoms with Gasteiger partial charge in [0.15, 0.2) is 0 Å². The molecule has 0 radical (unpaired) electrons. The Kier molecular flexibility index (Phi) is 41.1. The van der Waals surface area contributed by atoms with Gasteiger partial charge in [0.25, 0.3) is 0 Å². The standard InChI is InChI=1S/C13H29N.2HI.H3N/c1-3-5-6-7-8-9-10-11-13-14-12-4-2;;;/h14H,3-13H2,1-2H3;2*1H;1H3. The lowest BCUT2D eigenvalue weighted by molar-refractivity contribution is 0.554. The largest absolute Gasteiger partial charge is 0.344 e. The van der Waals surface area contributed by atoms with Crippen LogP contribution in [0, 0.1) is 0 Å². The number of nitrogens with one attached hydrogen (secondary N) is 1. The molecule has 110 valence electrons. The van der Waals surface area contributed by atoms with Crippen LogP contribution in [0.2, 0.25) is 0 Å². The molecule has 0 aromatic carbocycles. The summed E-state index contributed by atoms with van der Waals surface area (Å²) in [6, 6.07) is 0. The number of hydrogen-bond acceptors (Lipinski definition) is 2. The fourth-order valence-electron chi connectivity index (χ4n) is 1.69. The van der Waals surface area contributed by atoms with Crippen molar-refractivity contribution in [2.45, 2.75) is 71.6 Å². The number of unbranched alkanes of at least 4 members (excludes halogenated alkanes) is 7. The van der Waals surface area contributed by atoms with Gasteiger partial charge in [-0.2, -0.15) is 0 Å². The van der Waals surface area contributed by atoms with Gasteiger partial charge in [-0.1, -0.05) is 58.8 Å². The van der Waals surface area contributed by atoms with E-state index in [1.54, 1.807) is 0 Å². The van der Waals surface area contributed by atoms with E-state index < -0.39 is 0 Å². The minimum absolute atomic E-state index is 0. The Bertz CT molecular complexity index is 91.4. The Hall–Kier alpha value is 1.38. The topological polar surface area (TPSA) is 47.0 Å². The Labute approximate surface area is 143 Å². The second-order valence-electron chi connectivity index (χ2n) is 4.22. The van der Waals surface area contributed by atoms with Crippen molar-refractivity contribution >= 4 is 48.0 Å². The van der Waals surface area contributed by atoms with E-state index in [0.717, 1.165) is 0 Å². The van der Waals surface area contributed by atoms with Crippen molar-refractivity contribution in [2.24, 2.45) is 0 Å². The highest BCUT2D eigenvalue weighted by atomic mass is 127. The van der Waals surface area contributed by atoms with Crippen LogP contribution in [-0.2, 0) is 0 Å². The number of rotatable bonds is 11. The van der Waals surface area contributed by atoms with E-state index >= 15 is 0 Å². The maximum absolute atomic E-state index is 3.45. The van der Waals surface area contributed by atoms with Crippen LogP contribution in [0.4, 0.5) is 0 Å². The van der Waals surface area contributed by atoms with Crippen LogP contribution < -0.4 is 11.5 Å². The summed E-state index contributed by atoms with van der Waals surface area (Å²) in [5.41, 5.74) is 0. The predicted octanol–water partition coefficient (Wildman–Crippen LogP) is 5.52. The van der Waals surface area contributed by atoms with Crippen molar-refractivity contribution in [3.8, 4) is 0 Å². The monoisotopic (exact) mass is 472 g/mol. The highest BCUT2D eigenvalue weighted by Crippen LogP contribution is 2.07. The molecule has 0 aromatic heterocycles. The SMILES string of the molecule is CCCCCCCCCCNCCC.I.I.N. The molecule has 0 saturated heterocycles. The van der Waals surface area contributed by atoms with Gasteiger partial charge in [-0.15, -0.1) is 48.0 Å². The van der Waals surface area contributed by atoms with Gasteiger partial charge in [-0.25, -0.2) is 0 Å². The summed E-state index contributed by atoms with van der Waals surface area (Å²) in [5.74, 6) is 0. The number of halogens is 2. The first-order valence-corrected chi connectivity index (χ1v) is 6.62. The molecule has 0 unspecified atom stereocenters. The molecule has 0 heterocycles. The summed E-state index contributed by atoms with van der Waals surface area (Å²) < 4.78 is 0. The zero-order chi connectivity index (χ0) is 10.5. The van der Waals surface area contributed by atoms with Crippen molar-refractivity contribution in [2.75, 3.05) is 13.1 Å². The van der Waals surface area contributed by atoms with Crippen LogP contribution in [0.1, 0.15) is 71.6 Å². The third-order valence-corrected chi connectivity index (χ3v) is 2.63. The molecule has 0 aromatic rings. The molecular formula is C13H34I2N2. The molecule has 0 bridgehead atoms. The zero-order valence-corrected chi connectivity index (χ0v) is 16.5. The van der Waals surface area contributed by atoms with Crippen molar-refractivity contribution in [1.29, 1.82) is 0 Å². The first kappa shape index (κ1) is 26.8. The van der Waals surface area contributed by atoms with E-state index in [2.05, 4.69) is 19.2 Å². The van der Waals surface area contributed by atoms with E-state index in [1.165, 1.54) is 70.9 Å². The zero-order valence-electron chi connectivity index (χ0n) is 11.8. The van der Waals surface area contributed by atoms with Crippen molar-refractivity contribution in [1.82, 2.24) is 11.5 Å². The van der Waals surface area contributed by atoms with Crippen LogP contribution in [0.15, 0.2) is 0 Å². The van der Waals surface area contributed by atoms with Crippen molar-refractivity contribution in [3.05, 3.63) is 0 Å². The maximum atomic E-state index is 3.45. The van der Waals surface area contributed by atoms with E-state index in [1.807, 2.05) is 0 Å². The average Bonchev–Trinajstić information content (AvgIpc) is 2.21. The predicted molar refractivity (Wildman–Crippen MR) is 102 cm³/mol. The van der Waals surface area contributed by atoms with Crippen molar-refractivity contribution < 1.29 is 0 Å². The van der Waals surface area contributed by atoms with Gasteiger partial charge in [0.1, 0.15) is 0 Å². The fourth-order valence-corrected chi connectivity index (χ4v) is 1.69. The quantitative estimate of drug-likeness (QED) is 0.307.